The molecular weight excluding hydrogens is 843 g/mol. The Balaban J connectivity index is 1.36. The molecule has 0 atom stereocenters. The van der Waals surface area contributed by atoms with Crippen LogP contribution in [0.5, 0.6) is 0 Å². The number of anilines is 6. The summed E-state index contributed by atoms with van der Waals surface area (Å²) in [4.78, 5) is 9.34. The SMILES string of the molecule is CC(C)(c1c(-c2ccccc2C#N)c(N2c3ccccc3Sc3ccccc32)cc(N2c3ccccc3Sc3ccccc32)c1-c1ccccc1C#N)n1c2ccccc2c2ccccc21. The van der Waals surface area contributed by atoms with Gasteiger partial charge in [-0.3, -0.25) is 0 Å². The van der Waals surface area contributed by atoms with Crippen molar-refractivity contribution in [1.82, 2.24) is 4.57 Å². The standard InChI is InChI=1S/C59H39N5S2/c1-59(2,64-44-25-9-7-23-42(44)43-24-8-10-26-45(43)64)58-56(40-21-5-3-19-38(40)36-60)50(62-46-27-11-15-31-52(46)65-53-32-16-12-28-47(53)62)35-51(57(58)41-22-6-4-20-39(41)37-61)63-48-29-13-17-33-54(48)66-55-34-18-14-30-49(55)63/h3-35H,1-2H3. The van der Waals surface area contributed by atoms with Crippen molar-refractivity contribution >= 4 is 79.5 Å². The molecule has 9 aromatic carbocycles. The highest BCUT2D eigenvalue weighted by atomic mass is 32.2. The van der Waals surface area contributed by atoms with Crippen LogP contribution < -0.4 is 9.80 Å². The zero-order valence-electron chi connectivity index (χ0n) is 36.1. The molecule has 0 spiro atoms. The number of hydrogen-bond donors (Lipinski definition) is 0. The third-order valence-corrected chi connectivity index (χ3v) is 15.3. The zero-order valence-corrected chi connectivity index (χ0v) is 37.7. The second-order valence-electron chi connectivity index (χ2n) is 17.0. The average Bonchev–Trinajstić information content (AvgIpc) is 3.72. The van der Waals surface area contributed by atoms with Crippen LogP contribution in [0.25, 0.3) is 44.1 Å². The van der Waals surface area contributed by atoms with E-state index in [2.05, 4.69) is 204 Å². The van der Waals surface area contributed by atoms with Gasteiger partial charge in [-0.1, -0.05) is 145 Å². The Hall–Kier alpha value is -7.94. The molecule has 3 heterocycles. The molecule has 0 N–H and O–H groups in total. The predicted octanol–water partition coefficient (Wildman–Crippen LogP) is 16.5. The van der Waals surface area contributed by atoms with Crippen LogP contribution in [0, 0.1) is 22.7 Å². The van der Waals surface area contributed by atoms with E-state index in [4.69, 9.17) is 0 Å². The molecule has 12 rings (SSSR count). The highest BCUT2D eigenvalue weighted by Gasteiger charge is 2.41. The van der Waals surface area contributed by atoms with Crippen LogP contribution in [-0.2, 0) is 5.54 Å². The lowest BCUT2D eigenvalue weighted by Gasteiger charge is -2.42. The molecule has 0 amide bonds. The van der Waals surface area contributed by atoms with Crippen molar-refractivity contribution in [2.45, 2.75) is 39.0 Å². The van der Waals surface area contributed by atoms with Gasteiger partial charge in [0, 0.05) is 63.6 Å². The molecule has 0 bridgehead atoms. The van der Waals surface area contributed by atoms with E-state index < -0.39 is 5.54 Å². The Morgan fingerprint density at radius 1 is 0.394 bits per heavy atom. The number of hydrogen-bond acceptors (Lipinski definition) is 6. The largest absolute Gasteiger partial charge is 0.331 e. The molecular formula is C59H39N5S2. The molecule has 312 valence electrons. The van der Waals surface area contributed by atoms with Crippen LogP contribution in [0.4, 0.5) is 34.1 Å². The van der Waals surface area contributed by atoms with E-state index in [0.29, 0.717) is 11.1 Å². The monoisotopic (exact) mass is 881 g/mol. The minimum atomic E-state index is -0.865. The van der Waals surface area contributed by atoms with Gasteiger partial charge in [-0.05, 0) is 98.3 Å². The smallest absolute Gasteiger partial charge is 0.0998 e. The van der Waals surface area contributed by atoms with E-state index in [9.17, 15) is 10.5 Å². The summed E-state index contributed by atoms with van der Waals surface area (Å²) in [7, 11) is 0. The van der Waals surface area contributed by atoms with Crippen LogP contribution in [-0.4, -0.2) is 4.57 Å². The highest BCUT2D eigenvalue weighted by molar-refractivity contribution is 8.00. The molecule has 7 heteroatoms. The second kappa shape index (κ2) is 15.6. The Kier molecular flexibility index (Phi) is 9.40. The van der Waals surface area contributed by atoms with Gasteiger partial charge in [0.2, 0.25) is 0 Å². The molecule has 2 aliphatic heterocycles. The molecule has 1 aromatic heterocycles. The van der Waals surface area contributed by atoms with E-state index in [1.807, 2.05) is 36.4 Å². The minimum Gasteiger partial charge on any atom is -0.331 e. The van der Waals surface area contributed by atoms with Crippen molar-refractivity contribution < 1.29 is 0 Å². The lowest BCUT2D eigenvalue weighted by molar-refractivity contribution is 0.467. The summed E-state index contributed by atoms with van der Waals surface area (Å²) in [5.41, 5.74) is 12.9. The molecule has 0 saturated carbocycles. The molecule has 66 heavy (non-hydrogen) atoms. The molecule has 0 unspecified atom stereocenters. The van der Waals surface area contributed by atoms with Gasteiger partial charge in [0.15, 0.2) is 0 Å². The maximum Gasteiger partial charge on any atom is 0.0998 e. The van der Waals surface area contributed by atoms with Crippen molar-refractivity contribution in [1.29, 1.82) is 10.5 Å². The summed E-state index contributed by atoms with van der Waals surface area (Å²) in [6, 6.07) is 75.4. The van der Waals surface area contributed by atoms with Gasteiger partial charge in [0.1, 0.15) is 0 Å². The third kappa shape index (κ3) is 6.02. The maximum absolute atomic E-state index is 11.2. The summed E-state index contributed by atoms with van der Waals surface area (Å²) >= 11 is 3.54. The number of fused-ring (bicyclic) bond motifs is 7. The molecule has 0 saturated heterocycles. The van der Waals surface area contributed by atoms with Gasteiger partial charge >= 0.3 is 0 Å². The number of nitrogens with zero attached hydrogens (tertiary/aromatic N) is 5. The molecule has 0 radical (unpaired) electrons. The van der Waals surface area contributed by atoms with Crippen LogP contribution in [0.15, 0.2) is 220 Å². The summed E-state index contributed by atoms with van der Waals surface area (Å²) in [5, 5.41) is 24.7. The first-order valence-corrected chi connectivity index (χ1v) is 23.6. The minimum absolute atomic E-state index is 0.559. The molecule has 2 aliphatic rings. The van der Waals surface area contributed by atoms with Crippen molar-refractivity contribution in [3.63, 3.8) is 0 Å². The van der Waals surface area contributed by atoms with E-state index in [0.717, 1.165) is 103 Å². The van der Waals surface area contributed by atoms with Crippen LogP contribution >= 0.6 is 23.5 Å². The molecule has 10 aromatic rings. The van der Waals surface area contributed by atoms with E-state index >= 15 is 0 Å². The summed E-state index contributed by atoms with van der Waals surface area (Å²) < 4.78 is 2.49. The fourth-order valence-electron chi connectivity index (χ4n) is 10.3. The average molecular weight is 882 g/mol. The Bertz CT molecular complexity index is 3380. The van der Waals surface area contributed by atoms with Gasteiger partial charge in [0.25, 0.3) is 0 Å². The Morgan fingerprint density at radius 3 is 1.12 bits per heavy atom. The van der Waals surface area contributed by atoms with E-state index in [1.165, 1.54) is 0 Å². The molecule has 0 aliphatic carbocycles. The normalized spacial score (nSPS) is 12.8. The zero-order chi connectivity index (χ0) is 44.5. The van der Waals surface area contributed by atoms with Gasteiger partial charge in [-0.25, -0.2) is 0 Å². The van der Waals surface area contributed by atoms with Crippen molar-refractivity contribution in [3.8, 4) is 34.4 Å². The van der Waals surface area contributed by atoms with E-state index in [1.54, 1.807) is 23.5 Å². The van der Waals surface area contributed by atoms with Crippen LogP contribution in [0.3, 0.4) is 0 Å². The van der Waals surface area contributed by atoms with Gasteiger partial charge in [-0.2, -0.15) is 10.5 Å². The fraction of sp³-hybridized carbons (Fsp3) is 0.0508. The number of benzene rings is 9. The first-order valence-electron chi connectivity index (χ1n) is 22.0. The highest BCUT2D eigenvalue weighted by Crippen LogP contribution is 2.61. The van der Waals surface area contributed by atoms with Gasteiger partial charge in [0.05, 0.1) is 62.9 Å². The summed E-state index contributed by atoms with van der Waals surface area (Å²) in [6.45, 7) is 4.63. The maximum atomic E-state index is 11.2. The topological polar surface area (TPSA) is 59.0 Å². The van der Waals surface area contributed by atoms with Crippen molar-refractivity contribution in [2.24, 2.45) is 0 Å². The van der Waals surface area contributed by atoms with Gasteiger partial charge in [-0.15, -0.1) is 0 Å². The summed E-state index contributed by atoms with van der Waals surface area (Å²) in [5.74, 6) is 0. The van der Waals surface area contributed by atoms with Crippen molar-refractivity contribution in [2.75, 3.05) is 9.80 Å². The lowest BCUT2D eigenvalue weighted by Crippen LogP contribution is -2.31. The first-order chi connectivity index (χ1) is 32.5. The predicted molar refractivity (Wildman–Crippen MR) is 272 cm³/mol. The molecule has 5 nitrogen and oxygen atoms in total. The van der Waals surface area contributed by atoms with E-state index in [-0.39, 0.29) is 0 Å². The summed E-state index contributed by atoms with van der Waals surface area (Å²) in [6.07, 6.45) is 0. The fourth-order valence-corrected chi connectivity index (χ4v) is 12.4. The van der Waals surface area contributed by atoms with Gasteiger partial charge < -0.3 is 14.4 Å². The quantitative estimate of drug-likeness (QED) is 0.166. The Morgan fingerprint density at radius 2 is 0.727 bits per heavy atom. The third-order valence-electron chi connectivity index (χ3n) is 13.0. The van der Waals surface area contributed by atoms with Crippen molar-refractivity contribution in [3.05, 3.63) is 217 Å². The molecule has 0 fully saturated rings. The second-order valence-corrected chi connectivity index (χ2v) is 19.2. The number of para-hydroxylation sites is 6. The number of nitriles is 2. The lowest BCUT2D eigenvalue weighted by atomic mass is 9.77. The number of rotatable bonds is 6. The van der Waals surface area contributed by atoms with Crippen LogP contribution in [0.2, 0.25) is 0 Å². The Labute approximate surface area is 392 Å². The van der Waals surface area contributed by atoms with Crippen LogP contribution in [0.1, 0.15) is 30.5 Å². The first kappa shape index (κ1) is 39.6. The number of aromatic nitrogens is 1.